The summed E-state index contributed by atoms with van der Waals surface area (Å²) in [6.45, 7) is 7.08. The minimum Gasteiger partial charge on any atom is -0.391 e. The molecule has 0 spiro atoms. The van der Waals surface area contributed by atoms with Crippen molar-refractivity contribution >= 4 is 15.9 Å². The van der Waals surface area contributed by atoms with Crippen molar-refractivity contribution in [2.45, 2.75) is 32.9 Å². The molecule has 94 valence electrons. The zero-order valence-corrected chi connectivity index (χ0v) is 12.1. The van der Waals surface area contributed by atoms with E-state index < -0.39 is 0 Å². The van der Waals surface area contributed by atoms with Crippen LogP contribution in [0.2, 0.25) is 0 Å². The maximum atomic E-state index is 10.1. The lowest BCUT2D eigenvalue weighted by Crippen LogP contribution is -2.47. The Morgan fingerprint density at radius 3 is 2.59 bits per heavy atom. The van der Waals surface area contributed by atoms with Gasteiger partial charge in [0.2, 0.25) is 0 Å². The van der Waals surface area contributed by atoms with Gasteiger partial charge in [-0.3, -0.25) is 4.90 Å². The smallest absolute Gasteiger partial charge is 0.0718 e. The molecule has 1 unspecified atom stereocenters. The first-order chi connectivity index (χ1) is 7.97. The van der Waals surface area contributed by atoms with E-state index in [0.717, 1.165) is 30.5 Å². The molecule has 1 heterocycles. The van der Waals surface area contributed by atoms with Gasteiger partial charge in [-0.15, -0.1) is 0 Å². The van der Waals surface area contributed by atoms with E-state index in [-0.39, 0.29) is 11.5 Å². The van der Waals surface area contributed by atoms with Crippen molar-refractivity contribution in [1.82, 2.24) is 4.90 Å². The summed E-state index contributed by atoms with van der Waals surface area (Å²) in [5.74, 6) is 0. The summed E-state index contributed by atoms with van der Waals surface area (Å²) < 4.78 is 1.11. The third-order valence-corrected chi connectivity index (χ3v) is 4.25. The highest BCUT2D eigenvalue weighted by molar-refractivity contribution is 9.10. The predicted octanol–water partition coefficient (Wildman–Crippen LogP) is 3.04. The molecule has 1 aliphatic rings. The van der Waals surface area contributed by atoms with Gasteiger partial charge in [0.1, 0.15) is 0 Å². The summed E-state index contributed by atoms with van der Waals surface area (Å²) in [5.41, 5.74) is 1.37. The lowest BCUT2D eigenvalue weighted by molar-refractivity contribution is -0.0278. The van der Waals surface area contributed by atoms with Gasteiger partial charge in [-0.25, -0.2) is 0 Å². The van der Waals surface area contributed by atoms with E-state index in [4.69, 9.17) is 0 Å². The average Bonchev–Trinajstić information content (AvgIpc) is 2.27. The van der Waals surface area contributed by atoms with E-state index in [2.05, 4.69) is 58.9 Å². The second kappa shape index (κ2) is 5.09. The van der Waals surface area contributed by atoms with Crippen molar-refractivity contribution in [2.24, 2.45) is 5.41 Å². The molecule has 0 saturated carbocycles. The van der Waals surface area contributed by atoms with Crippen molar-refractivity contribution in [2.75, 3.05) is 13.1 Å². The molecule has 1 aromatic carbocycles. The Hall–Kier alpha value is -0.380. The molecular weight excluding hydrogens is 278 g/mol. The number of aliphatic hydroxyl groups is 1. The second-order valence-electron chi connectivity index (χ2n) is 5.62. The van der Waals surface area contributed by atoms with Crippen LogP contribution in [0.3, 0.4) is 0 Å². The van der Waals surface area contributed by atoms with Crippen LogP contribution in [0, 0.1) is 5.41 Å². The van der Waals surface area contributed by atoms with Gasteiger partial charge in [0.25, 0.3) is 0 Å². The highest BCUT2D eigenvalue weighted by atomic mass is 79.9. The van der Waals surface area contributed by atoms with Gasteiger partial charge in [-0.2, -0.15) is 0 Å². The predicted molar refractivity (Wildman–Crippen MR) is 73.8 cm³/mol. The summed E-state index contributed by atoms with van der Waals surface area (Å²) in [6.07, 6.45) is 0.844. The average molecular weight is 298 g/mol. The summed E-state index contributed by atoms with van der Waals surface area (Å²) in [5, 5.41) is 10.1. The van der Waals surface area contributed by atoms with E-state index in [1.54, 1.807) is 0 Å². The lowest BCUT2D eigenvalue weighted by atomic mass is 9.80. The maximum absolute atomic E-state index is 10.1. The van der Waals surface area contributed by atoms with Crippen LogP contribution in [0.4, 0.5) is 0 Å². The number of aliphatic hydroxyl groups excluding tert-OH is 1. The van der Waals surface area contributed by atoms with Crippen LogP contribution in [-0.4, -0.2) is 29.2 Å². The summed E-state index contributed by atoms with van der Waals surface area (Å²) in [4.78, 5) is 2.33. The van der Waals surface area contributed by atoms with Gasteiger partial charge in [0.05, 0.1) is 6.10 Å². The molecule has 0 aromatic heterocycles. The largest absolute Gasteiger partial charge is 0.391 e. The second-order valence-corrected chi connectivity index (χ2v) is 6.53. The van der Waals surface area contributed by atoms with Gasteiger partial charge in [0.15, 0.2) is 0 Å². The number of hydrogen-bond donors (Lipinski definition) is 1. The molecule has 2 rings (SSSR count). The normalized spacial score (nSPS) is 24.8. The van der Waals surface area contributed by atoms with E-state index in [0.29, 0.717) is 0 Å². The monoisotopic (exact) mass is 297 g/mol. The standard InChI is InChI=1S/C14H20BrNO/c1-14(2)7-8-16(10-13(14)17)9-11-3-5-12(15)6-4-11/h3-6,13,17H,7-10H2,1-2H3. The summed E-state index contributed by atoms with van der Waals surface area (Å²) in [6, 6.07) is 8.41. The number of hydrogen-bond acceptors (Lipinski definition) is 2. The molecule has 1 saturated heterocycles. The highest BCUT2D eigenvalue weighted by Gasteiger charge is 2.33. The van der Waals surface area contributed by atoms with Crippen LogP contribution in [0.15, 0.2) is 28.7 Å². The van der Waals surface area contributed by atoms with Crippen LogP contribution < -0.4 is 0 Å². The molecule has 0 amide bonds. The Labute approximate surface area is 112 Å². The third-order valence-electron chi connectivity index (χ3n) is 3.73. The number of piperidine rings is 1. The van der Waals surface area contributed by atoms with Crippen LogP contribution in [0.5, 0.6) is 0 Å². The molecule has 0 radical (unpaired) electrons. The van der Waals surface area contributed by atoms with Gasteiger partial charge < -0.3 is 5.11 Å². The van der Waals surface area contributed by atoms with E-state index >= 15 is 0 Å². The molecule has 1 fully saturated rings. The van der Waals surface area contributed by atoms with Crippen LogP contribution >= 0.6 is 15.9 Å². The molecule has 1 atom stereocenters. The Morgan fingerprint density at radius 1 is 1.35 bits per heavy atom. The van der Waals surface area contributed by atoms with E-state index in [9.17, 15) is 5.11 Å². The zero-order valence-electron chi connectivity index (χ0n) is 10.5. The topological polar surface area (TPSA) is 23.5 Å². The van der Waals surface area contributed by atoms with Gasteiger partial charge >= 0.3 is 0 Å². The van der Waals surface area contributed by atoms with Crippen molar-refractivity contribution in [1.29, 1.82) is 0 Å². The number of nitrogens with zero attached hydrogens (tertiary/aromatic N) is 1. The highest BCUT2D eigenvalue weighted by Crippen LogP contribution is 2.30. The summed E-state index contributed by atoms with van der Waals surface area (Å²) in [7, 11) is 0. The Bertz CT molecular complexity index is 374. The Kier molecular flexibility index (Phi) is 3.91. The first kappa shape index (κ1) is 13.1. The van der Waals surface area contributed by atoms with Crippen molar-refractivity contribution < 1.29 is 5.11 Å². The van der Waals surface area contributed by atoms with E-state index in [1.807, 2.05) is 0 Å². The molecule has 0 aliphatic carbocycles. The molecule has 0 bridgehead atoms. The fourth-order valence-electron chi connectivity index (χ4n) is 2.19. The number of likely N-dealkylation sites (tertiary alicyclic amines) is 1. The van der Waals surface area contributed by atoms with Crippen molar-refractivity contribution in [3.8, 4) is 0 Å². The minimum atomic E-state index is -0.216. The molecule has 1 aromatic rings. The Morgan fingerprint density at radius 2 is 2.00 bits per heavy atom. The molecule has 1 aliphatic heterocycles. The van der Waals surface area contributed by atoms with E-state index in [1.165, 1.54) is 5.56 Å². The quantitative estimate of drug-likeness (QED) is 0.907. The maximum Gasteiger partial charge on any atom is 0.0718 e. The SMILES string of the molecule is CC1(C)CCN(Cc2ccc(Br)cc2)CC1O. The molecular formula is C14H20BrNO. The van der Waals surface area contributed by atoms with Gasteiger partial charge in [-0.05, 0) is 36.1 Å². The fraction of sp³-hybridized carbons (Fsp3) is 0.571. The lowest BCUT2D eigenvalue weighted by Gasteiger charge is -2.41. The third kappa shape index (κ3) is 3.30. The zero-order chi connectivity index (χ0) is 12.5. The number of halogens is 1. The molecule has 1 N–H and O–H groups in total. The first-order valence-corrected chi connectivity index (χ1v) is 6.91. The van der Waals surface area contributed by atoms with Crippen molar-refractivity contribution in [3.63, 3.8) is 0 Å². The first-order valence-electron chi connectivity index (χ1n) is 6.12. The number of benzene rings is 1. The minimum absolute atomic E-state index is 0.0657. The number of β-amino-alcohol motifs (C(OH)–C–C–N with tert-alkyl or cyclic N) is 1. The van der Waals surface area contributed by atoms with Gasteiger partial charge in [-0.1, -0.05) is 41.9 Å². The van der Waals surface area contributed by atoms with Crippen LogP contribution in [0.1, 0.15) is 25.8 Å². The molecule has 17 heavy (non-hydrogen) atoms. The summed E-state index contributed by atoms with van der Waals surface area (Å²) >= 11 is 3.44. The molecule has 3 heteroatoms. The molecule has 2 nitrogen and oxygen atoms in total. The van der Waals surface area contributed by atoms with Gasteiger partial charge in [0, 0.05) is 17.6 Å². The van der Waals surface area contributed by atoms with Crippen molar-refractivity contribution in [3.05, 3.63) is 34.3 Å². The number of rotatable bonds is 2. The Balaban J connectivity index is 1.95. The fourth-order valence-corrected chi connectivity index (χ4v) is 2.45. The van der Waals surface area contributed by atoms with Crippen LogP contribution in [-0.2, 0) is 6.54 Å². The van der Waals surface area contributed by atoms with Crippen LogP contribution in [0.25, 0.3) is 0 Å².